The van der Waals surface area contributed by atoms with Crippen molar-refractivity contribution in [2.24, 2.45) is 0 Å². The highest BCUT2D eigenvalue weighted by Gasteiger charge is 2.18. The van der Waals surface area contributed by atoms with Crippen molar-refractivity contribution in [3.05, 3.63) is 91.1 Å². The lowest BCUT2D eigenvalue weighted by molar-refractivity contribution is -0.122. The fourth-order valence-corrected chi connectivity index (χ4v) is 3.16. The molecule has 0 aliphatic carbocycles. The number of benzene rings is 1. The number of nitrogens with zero attached hydrogens (tertiary/aromatic N) is 1. The Morgan fingerprint density at radius 2 is 1.96 bits per heavy atom. The van der Waals surface area contributed by atoms with Crippen LogP contribution in [-0.4, -0.2) is 15.5 Å². The van der Waals surface area contributed by atoms with E-state index in [9.17, 15) is 18.8 Å². The summed E-state index contributed by atoms with van der Waals surface area (Å²) in [6, 6.07) is 10.3. The van der Waals surface area contributed by atoms with Crippen molar-refractivity contribution in [1.82, 2.24) is 14.9 Å². The highest BCUT2D eigenvalue weighted by molar-refractivity contribution is 7.10. The lowest BCUT2D eigenvalue weighted by Crippen LogP contribution is -2.37. The fraction of sp³-hybridized carbons (Fsp3) is 0.118. The molecule has 1 atom stereocenters. The highest BCUT2D eigenvalue weighted by Crippen LogP contribution is 2.26. The molecule has 8 heteroatoms. The summed E-state index contributed by atoms with van der Waals surface area (Å²) in [5.41, 5.74) is -0.451. The SMILES string of the molecule is O=C(Cn1ccc(=O)[nH]c1=O)N[C@H](c1ccc(F)cc1)c1cccs1. The Hall–Kier alpha value is -3.00. The standard InChI is InChI=1S/C17H14FN3O3S/c18-12-5-3-11(4-6-12)16(13-2-1-9-25-13)19-15(23)10-21-8-7-14(22)20-17(21)24/h1-9,16H,10H2,(H,19,23)(H,20,22,24)/t16-/m1/s1. The van der Waals surface area contributed by atoms with E-state index in [1.54, 1.807) is 12.1 Å². The second kappa shape index (κ2) is 7.27. The third-order valence-electron chi connectivity index (χ3n) is 3.55. The van der Waals surface area contributed by atoms with Gasteiger partial charge in [0.1, 0.15) is 12.4 Å². The first-order chi connectivity index (χ1) is 12.0. The van der Waals surface area contributed by atoms with Crippen LogP contribution in [0.2, 0.25) is 0 Å². The second-order valence-corrected chi connectivity index (χ2v) is 6.28. The Balaban J connectivity index is 1.82. The molecule has 1 amide bonds. The summed E-state index contributed by atoms with van der Waals surface area (Å²) in [7, 11) is 0. The van der Waals surface area contributed by atoms with E-state index in [-0.39, 0.29) is 12.4 Å². The first-order valence-electron chi connectivity index (χ1n) is 7.41. The van der Waals surface area contributed by atoms with E-state index >= 15 is 0 Å². The van der Waals surface area contributed by atoms with Crippen LogP contribution in [0.25, 0.3) is 0 Å². The minimum atomic E-state index is -0.655. The van der Waals surface area contributed by atoms with Gasteiger partial charge in [-0.1, -0.05) is 18.2 Å². The number of amides is 1. The van der Waals surface area contributed by atoms with Gasteiger partial charge in [-0.15, -0.1) is 11.3 Å². The molecule has 0 spiro atoms. The number of aromatic nitrogens is 2. The topological polar surface area (TPSA) is 84.0 Å². The zero-order valence-electron chi connectivity index (χ0n) is 12.9. The minimum absolute atomic E-state index is 0.237. The van der Waals surface area contributed by atoms with Crippen LogP contribution in [0.5, 0.6) is 0 Å². The molecule has 6 nitrogen and oxygen atoms in total. The van der Waals surface area contributed by atoms with Crippen LogP contribution in [0.4, 0.5) is 4.39 Å². The quantitative estimate of drug-likeness (QED) is 0.726. The summed E-state index contributed by atoms with van der Waals surface area (Å²) in [4.78, 5) is 38.1. The third kappa shape index (κ3) is 4.10. The number of thiophene rings is 1. The Kier molecular flexibility index (Phi) is 4.90. The molecule has 0 aliphatic rings. The summed E-state index contributed by atoms with van der Waals surface area (Å²) >= 11 is 1.46. The Morgan fingerprint density at radius 3 is 2.60 bits per heavy atom. The maximum Gasteiger partial charge on any atom is 0.328 e. The first-order valence-corrected chi connectivity index (χ1v) is 8.29. The lowest BCUT2D eigenvalue weighted by atomic mass is 10.1. The maximum absolute atomic E-state index is 13.2. The van der Waals surface area contributed by atoms with Gasteiger partial charge in [0.05, 0.1) is 6.04 Å². The van der Waals surface area contributed by atoms with E-state index in [2.05, 4.69) is 10.3 Å². The van der Waals surface area contributed by atoms with E-state index in [4.69, 9.17) is 0 Å². The molecule has 3 rings (SSSR count). The fourth-order valence-electron chi connectivity index (χ4n) is 2.36. The van der Waals surface area contributed by atoms with Crippen LogP contribution in [-0.2, 0) is 11.3 Å². The predicted octanol–water partition coefficient (Wildman–Crippen LogP) is 1.64. The summed E-state index contributed by atoms with van der Waals surface area (Å²) in [6.07, 6.45) is 1.26. The van der Waals surface area contributed by atoms with Crippen molar-refractivity contribution in [3.63, 3.8) is 0 Å². The van der Waals surface area contributed by atoms with Crippen molar-refractivity contribution in [2.75, 3.05) is 0 Å². The number of rotatable bonds is 5. The zero-order chi connectivity index (χ0) is 17.8. The van der Waals surface area contributed by atoms with E-state index < -0.39 is 23.2 Å². The summed E-state index contributed by atoms with van der Waals surface area (Å²) in [6.45, 7) is -0.237. The summed E-state index contributed by atoms with van der Waals surface area (Å²) in [5, 5.41) is 4.72. The van der Waals surface area contributed by atoms with Crippen LogP contribution in [0, 0.1) is 5.82 Å². The lowest BCUT2D eigenvalue weighted by Gasteiger charge is -2.18. The largest absolute Gasteiger partial charge is 0.343 e. The van der Waals surface area contributed by atoms with Crippen molar-refractivity contribution in [3.8, 4) is 0 Å². The maximum atomic E-state index is 13.2. The van der Waals surface area contributed by atoms with E-state index in [0.29, 0.717) is 0 Å². The molecule has 0 fully saturated rings. The molecule has 3 aromatic rings. The highest BCUT2D eigenvalue weighted by atomic mass is 32.1. The molecule has 2 N–H and O–H groups in total. The van der Waals surface area contributed by atoms with Crippen molar-refractivity contribution >= 4 is 17.2 Å². The van der Waals surface area contributed by atoms with E-state index in [1.165, 1.54) is 35.7 Å². The van der Waals surface area contributed by atoms with Gasteiger partial charge in [-0.3, -0.25) is 19.1 Å². The Labute approximate surface area is 145 Å². The molecule has 2 heterocycles. The normalized spacial score (nSPS) is 11.9. The average molecular weight is 359 g/mol. The molecule has 1 aromatic carbocycles. The molecule has 128 valence electrons. The number of nitrogens with one attached hydrogen (secondary N) is 2. The van der Waals surface area contributed by atoms with Gasteiger partial charge in [0, 0.05) is 17.1 Å². The number of carbonyl (C=O) groups excluding carboxylic acids is 1. The molecule has 0 saturated heterocycles. The molecule has 0 unspecified atom stereocenters. The van der Waals surface area contributed by atoms with Crippen LogP contribution in [0.1, 0.15) is 16.5 Å². The average Bonchev–Trinajstić information content (AvgIpc) is 3.10. The number of hydrogen-bond acceptors (Lipinski definition) is 4. The number of carbonyl (C=O) groups is 1. The number of hydrogen-bond donors (Lipinski definition) is 2. The predicted molar refractivity (Wildman–Crippen MR) is 92.0 cm³/mol. The van der Waals surface area contributed by atoms with E-state index in [1.807, 2.05) is 17.5 Å². The van der Waals surface area contributed by atoms with Crippen LogP contribution >= 0.6 is 11.3 Å². The second-order valence-electron chi connectivity index (χ2n) is 5.31. The Bertz CT molecular complexity index is 977. The van der Waals surface area contributed by atoms with Crippen LogP contribution < -0.4 is 16.6 Å². The molecule has 0 radical (unpaired) electrons. The number of H-pyrrole nitrogens is 1. The van der Waals surface area contributed by atoms with Crippen molar-refractivity contribution in [2.45, 2.75) is 12.6 Å². The van der Waals surface area contributed by atoms with Gasteiger partial charge in [0.25, 0.3) is 5.56 Å². The monoisotopic (exact) mass is 359 g/mol. The number of halogens is 1. The van der Waals surface area contributed by atoms with Crippen molar-refractivity contribution in [1.29, 1.82) is 0 Å². The van der Waals surface area contributed by atoms with E-state index in [0.717, 1.165) is 15.0 Å². The van der Waals surface area contributed by atoms with Gasteiger partial charge in [0.2, 0.25) is 5.91 Å². The Morgan fingerprint density at radius 1 is 1.20 bits per heavy atom. The van der Waals surface area contributed by atoms with Gasteiger partial charge in [-0.25, -0.2) is 9.18 Å². The van der Waals surface area contributed by atoms with Crippen molar-refractivity contribution < 1.29 is 9.18 Å². The summed E-state index contributed by atoms with van der Waals surface area (Å²) < 4.78 is 14.3. The van der Waals surface area contributed by atoms with Crippen LogP contribution in [0.15, 0.2) is 63.6 Å². The zero-order valence-corrected chi connectivity index (χ0v) is 13.8. The van der Waals surface area contributed by atoms with Gasteiger partial charge in [0.15, 0.2) is 0 Å². The number of aromatic amines is 1. The molecule has 25 heavy (non-hydrogen) atoms. The first kappa shape index (κ1) is 16.8. The smallest absolute Gasteiger partial charge is 0.328 e. The van der Waals surface area contributed by atoms with Gasteiger partial charge < -0.3 is 5.32 Å². The van der Waals surface area contributed by atoms with Crippen LogP contribution in [0.3, 0.4) is 0 Å². The molecular formula is C17H14FN3O3S. The van der Waals surface area contributed by atoms with Gasteiger partial charge in [-0.05, 0) is 29.1 Å². The van der Waals surface area contributed by atoms with Gasteiger partial charge in [-0.2, -0.15) is 0 Å². The molecule has 2 aromatic heterocycles. The molecule has 0 aliphatic heterocycles. The summed E-state index contributed by atoms with van der Waals surface area (Å²) in [5.74, 6) is -0.767. The van der Waals surface area contributed by atoms with Gasteiger partial charge >= 0.3 is 5.69 Å². The molecular weight excluding hydrogens is 345 g/mol. The third-order valence-corrected chi connectivity index (χ3v) is 4.48. The molecule has 0 saturated carbocycles. The minimum Gasteiger partial charge on any atom is -0.343 e. The molecule has 0 bridgehead atoms.